The average Bonchev–Trinajstić information content (AvgIpc) is 2.04. The summed E-state index contributed by atoms with van der Waals surface area (Å²) in [6, 6.07) is 0. The van der Waals surface area contributed by atoms with Gasteiger partial charge in [0.2, 0.25) is 0 Å². The molecule has 5 heteroatoms. The Balaban J connectivity index is 4.85. The van der Waals surface area contributed by atoms with Crippen LogP contribution >= 0.6 is 0 Å². The van der Waals surface area contributed by atoms with E-state index in [0.29, 0.717) is 6.42 Å². The van der Waals surface area contributed by atoms with Gasteiger partial charge in [-0.3, -0.25) is 4.79 Å². The van der Waals surface area contributed by atoms with Crippen molar-refractivity contribution in [3.63, 3.8) is 0 Å². The average molecular weight is 222 g/mol. The lowest BCUT2D eigenvalue weighted by molar-refractivity contribution is -0.145. The number of hydrogen-bond donors (Lipinski definition) is 0. The predicted octanol–water partition coefficient (Wildman–Crippen LogP) is 1.15. The Hall–Kier alpha value is -0.580. The summed E-state index contributed by atoms with van der Waals surface area (Å²) in [5, 5.41) is 0. The Morgan fingerprint density at radius 1 is 1.29 bits per heavy atom. The molecule has 14 heavy (non-hydrogen) atoms. The molecule has 0 spiro atoms. The first-order valence-electron chi connectivity index (χ1n) is 4.69. The molecule has 0 aromatic carbocycles. The fourth-order valence-corrected chi connectivity index (χ4v) is 2.32. The number of sulfone groups is 1. The second-order valence-electron chi connectivity index (χ2n) is 3.55. The summed E-state index contributed by atoms with van der Waals surface area (Å²) in [4.78, 5) is 11.4. The van der Waals surface area contributed by atoms with Crippen LogP contribution in [0.4, 0.5) is 0 Å². The molecule has 0 N–H and O–H groups in total. The van der Waals surface area contributed by atoms with Crippen LogP contribution in [-0.4, -0.2) is 31.5 Å². The molecule has 0 amide bonds. The van der Waals surface area contributed by atoms with E-state index in [4.69, 9.17) is 4.74 Å². The SMILES string of the molecule is CCCS(=O)(=O)C(C)(C)C(=O)OCC. The number of ether oxygens (including phenoxy) is 1. The Labute approximate surface area is 85.6 Å². The quantitative estimate of drug-likeness (QED) is 0.655. The highest BCUT2D eigenvalue weighted by Gasteiger charge is 2.42. The molecular weight excluding hydrogens is 204 g/mol. The molecule has 0 rings (SSSR count). The van der Waals surface area contributed by atoms with Crippen molar-refractivity contribution in [2.45, 2.75) is 38.9 Å². The molecule has 0 heterocycles. The van der Waals surface area contributed by atoms with Gasteiger partial charge in [-0.2, -0.15) is 0 Å². The summed E-state index contributed by atoms with van der Waals surface area (Å²) in [5.74, 6) is -0.660. The molecule has 84 valence electrons. The van der Waals surface area contributed by atoms with Crippen LogP contribution in [0.1, 0.15) is 34.1 Å². The van der Waals surface area contributed by atoms with Crippen molar-refractivity contribution in [1.29, 1.82) is 0 Å². The van der Waals surface area contributed by atoms with Crippen LogP contribution in [0.2, 0.25) is 0 Å². The highest BCUT2D eigenvalue weighted by molar-refractivity contribution is 7.93. The summed E-state index contributed by atoms with van der Waals surface area (Å²) >= 11 is 0. The molecule has 0 saturated carbocycles. The van der Waals surface area contributed by atoms with Gasteiger partial charge in [0.1, 0.15) is 0 Å². The van der Waals surface area contributed by atoms with Gasteiger partial charge >= 0.3 is 5.97 Å². The molecule has 0 unspecified atom stereocenters. The lowest BCUT2D eigenvalue weighted by Crippen LogP contribution is -2.43. The van der Waals surface area contributed by atoms with Gasteiger partial charge in [-0.25, -0.2) is 8.42 Å². The van der Waals surface area contributed by atoms with Gasteiger partial charge in [0.15, 0.2) is 14.6 Å². The van der Waals surface area contributed by atoms with Gasteiger partial charge < -0.3 is 4.74 Å². The molecule has 0 aliphatic rings. The van der Waals surface area contributed by atoms with Crippen molar-refractivity contribution in [3.05, 3.63) is 0 Å². The zero-order valence-corrected chi connectivity index (χ0v) is 9.98. The normalized spacial score (nSPS) is 12.6. The van der Waals surface area contributed by atoms with E-state index in [2.05, 4.69) is 0 Å². The summed E-state index contributed by atoms with van der Waals surface area (Å²) in [5.41, 5.74) is 0. The number of carbonyl (C=O) groups excluding carboxylic acids is 1. The third-order valence-electron chi connectivity index (χ3n) is 2.02. The van der Waals surface area contributed by atoms with Gasteiger partial charge in [0.25, 0.3) is 0 Å². The van der Waals surface area contributed by atoms with E-state index in [9.17, 15) is 13.2 Å². The molecule has 0 radical (unpaired) electrons. The van der Waals surface area contributed by atoms with E-state index in [-0.39, 0.29) is 12.4 Å². The topological polar surface area (TPSA) is 60.4 Å². The van der Waals surface area contributed by atoms with E-state index >= 15 is 0 Å². The molecule has 0 saturated heterocycles. The predicted molar refractivity (Wildman–Crippen MR) is 54.8 cm³/mol. The fraction of sp³-hybridized carbons (Fsp3) is 0.889. The number of carbonyl (C=O) groups is 1. The summed E-state index contributed by atoms with van der Waals surface area (Å²) < 4.78 is 26.6. The lowest BCUT2D eigenvalue weighted by Gasteiger charge is -2.21. The molecule has 0 aliphatic carbocycles. The standard InChI is InChI=1S/C9H18O4S/c1-5-7-14(11,12)9(3,4)8(10)13-6-2/h5-7H2,1-4H3. The zero-order chi connectivity index (χ0) is 11.4. The maximum absolute atomic E-state index is 11.7. The van der Waals surface area contributed by atoms with E-state index in [0.717, 1.165) is 0 Å². The molecule has 0 fully saturated rings. The van der Waals surface area contributed by atoms with Crippen molar-refractivity contribution in [3.8, 4) is 0 Å². The van der Waals surface area contributed by atoms with E-state index in [1.54, 1.807) is 13.8 Å². The van der Waals surface area contributed by atoms with E-state index in [1.165, 1.54) is 13.8 Å². The third-order valence-corrected chi connectivity index (χ3v) is 4.68. The smallest absolute Gasteiger partial charge is 0.326 e. The molecule has 4 nitrogen and oxygen atoms in total. The number of esters is 1. The van der Waals surface area contributed by atoms with Crippen LogP contribution in [0, 0.1) is 0 Å². The van der Waals surface area contributed by atoms with Gasteiger partial charge in [0, 0.05) is 0 Å². The lowest BCUT2D eigenvalue weighted by atomic mass is 10.2. The Morgan fingerprint density at radius 3 is 2.14 bits per heavy atom. The van der Waals surface area contributed by atoms with Crippen LogP contribution in [0.5, 0.6) is 0 Å². The zero-order valence-electron chi connectivity index (χ0n) is 9.16. The molecule has 0 aliphatic heterocycles. The van der Waals surface area contributed by atoms with Gasteiger partial charge in [0.05, 0.1) is 12.4 Å². The maximum Gasteiger partial charge on any atom is 0.326 e. The highest BCUT2D eigenvalue weighted by atomic mass is 32.2. The van der Waals surface area contributed by atoms with Crippen LogP contribution in [-0.2, 0) is 19.4 Å². The van der Waals surface area contributed by atoms with Crippen LogP contribution in [0.25, 0.3) is 0 Å². The van der Waals surface area contributed by atoms with Crippen LogP contribution in [0.3, 0.4) is 0 Å². The minimum Gasteiger partial charge on any atom is -0.465 e. The molecular formula is C9H18O4S. The van der Waals surface area contributed by atoms with E-state index < -0.39 is 20.6 Å². The van der Waals surface area contributed by atoms with Crippen molar-refractivity contribution >= 4 is 15.8 Å². The maximum atomic E-state index is 11.7. The van der Waals surface area contributed by atoms with Gasteiger partial charge in [-0.05, 0) is 27.2 Å². The minimum absolute atomic E-state index is 0.0127. The van der Waals surface area contributed by atoms with Gasteiger partial charge in [-0.1, -0.05) is 6.92 Å². The second kappa shape index (κ2) is 4.77. The molecule has 0 aromatic heterocycles. The molecule has 0 bridgehead atoms. The van der Waals surface area contributed by atoms with Crippen LogP contribution in [0.15, 0.2) is 0 Å². The first-order valence-corrected chi connectivity index (χ1v) is 6.34. The van der Waals surface area contributed by atoms with Crippen molar-refractivity contribution < 1.29 is 17.9 Å². The van der Waals surface area contributed by atoms with E-state index in [1.807, 2.05) is 0 Å². The van der Waals surface area contributed by atoms with Crippen LogP contribution < -0.4 is 0 Å². The first kappa shape index (κ1) is 13.4. The fourth-order valence-electron chi connectivity index (χ4n) is 0.956. The number of rotatable bonds is 5. The monoisotopic (exact) mass is 222 g/mol. The molecule has 0 atom stereocenters. The van der Waals surface area contributed by atoms with Crippen molar-refractivity contribution in [2.75, 3.05) is 12.4 Å². The summed E-state index contributed by atoms with van der Waals surface area (Å²) in [6.07, 6.45) is 0.505. The highest BCUT2D eigenvalue weighted by Crippen LogP contribution is 2.19. The largest absolute Gasteiger partial charge is 0.465 e. The van der Waals surface area contributed by atoms with Crippen molar-refractivity contribution in [2.24, 2.45) is 0 Å². The first-order chi connectivity index (χ1) is 6.29. The second-order valence-corrected chi connectivity index (χ2v) is 6.21. The summed E-state index contributed by atoms with van der Waals surface area (Å²) in [6.45, 7) is 6.38. The van der Waals surface area contributed by atoms with Crippen molar-refractivity contribution in [1.82, 2.24) is 0 Å². The third kappa shape index (κ3) is 2.70. The Bertz CT molecular complexity index is 290. The summed E-state index contributed by atoms with van der Waals surface area (Å²) in [7, 11) is -3.41. The Morgan fingerprint density at radius 2 is 1.79 bits per heavy atom. The molecule has 0 aromatic rings. The Kier molecular flexibility index (Phi) is 4.58. The minimum atomic E-state index is -3.41. The number of hydrogen-bond acceptors (Lipinski definition) is 4. The van der Waals surface area contributed by atoms with Gasteiger partial charge in [-0.15, -0.1) is 0 Å².